The number of nitrogen functional groups attached to an aromatic ring is 1. The Balaban J connectivity index is 2.81. The van der Waals surface area contributed by atoms with E-state index in [9.17, 15) is 4.79 Å². The van der Waals surface area contributed by atoms with Crippen LogP contribution < -0.4 is 5.73 Å². The summed E-state index contributed by atoms with van der Waals surface area (Å²) in [6.07, 6.45) is 4.33. The van der Waals surface area contributed by atoms with Crippen LogP contribution in [0.1, 0.15) is 55.5 Å². The number of aryl methyl sites for hydroxylation is 1. The van der Waals surface area contributed by atoms with Gasteiger partial charge in [-0.3, -0.25) is 4.79 Å². The molecule has 19 heavy (non-hydrogen) atoms. The predicted molar refractivity (Wildman–Crippen MR) is 81.3 cm³/mol. The number of carbonyl (C=O) groups excluding carboxylic acids is 1. The number of benzene rings is 1. The number of nitrogens with two attached hydrogens (primary N) is 1. The Morgan fingerprint density at radius 3 is 2.21 bits per heavy atom. The zero-order valence-corrected chi connectivity index (χ0v) is 12.4. The summed E-state index contributed by atoms with van der Waals surface area (Å²) >= 11 is 0. The van der Waals surface area contributed by atoms with E-state index in [1.54, 1.807) is 0 Å². The molecule has 0 heterocycles. The molecule has 0 spiro atoms. The van der Waals surface area contributed by atoms with Crippen molar-refractivity contribution in [2.75, 3.05) is 18.8 Å². The molecule has 0 aliphatic rings. The van der Waals surface area contributed by atoms with Crippen LogP contribution in [0.15, 0.2) is 18.2 Å². The lowest BCUT2D eigenvalue weighted by atomic mass is 10.1. The normalized spacial score (nSPS) is 10.5. The lowest BCUT2D eigenvalue weighted by Crippen LogP contribution is -2.33. The zero-order valence-electron chi connectivity index (χ0n) is 12.4. The summed E-state index contributed by atoms with van der Waals surface area (Å²) in [5.41, 5.74) is 8.26. The number of carbonyl (C=O) groups is 1. The van der Waals surface area contributed by atoms with E-state index in [1.807, 2.05) is 30.0 Å². The van der Waals surface area contributed by atoms with Gasteiger partial charge in [0.05, 0.1) is 0 Å². The van der Waals surface area contributed by atoms with Gasteiger partial charge < -0.3 is 10.6 Å². The van der Waals surface area contributed by atoms with Crippen molar-refractivity contribution in [1.82, 2.24) is 4.90 Å². The number of amides is 1. The molecule has 0 aliphatic heterocycles. The van der Waals surface area contributed by atoms with Gasteiger partial charge in [0.25, 0.3) is 5.91 Å². The second-order valence-electron chi connectivity index (χ2n) is 5.07. The van der Waals surface area contributed by atoms with Gasteiger partial charge in [-0.2, -0.15) is 0 Å². The standard InChI is InChI=1S/C16H26N2O/c1-4-6-10-18(11-7-5-2)16(19)14-8-9-15(17)13(3)12-14/h8-9,12H,4-7,10-11,17H2,1-3H3. The lowest BCUT2D eigenvalue weighted by molar-refractivity contribution is 0.0751. The van der Waals surface area contributed by atoms with E-state index >= 15 is 0 Å². The Bertz CT molecular complexity index is 407. The van der Waals surface area contributed by atoms with E-state index in [0.29, 0.717) is 0 Å². The highest BCUT2D eigenvalue weighted by molar-refractivity contribution is 5.94. The van der Waals surface area contributed by atoms with Gasteiger partial charge in [0.15, 0.2) is 0 Å². The van der Waals surface area contributed by atoms with E-state index < -0.39 is 0 Å². The average molecular weight is 262 g/mol. The van der Waals surface area contributed by atoms with Gasteiger partial charge in [-0.05, 0) is 43.5 Å². The number of anilines is 1. The highest BCUT2D eigenvalue weighted by Crippen LogP contribution is 2.15. The van der Waals surface area contributed by atoms with Crippen LogP contribution in [0.2, 0.25) is 0 Å². The molecule has 0 radical (unpaired) electrons. The first-order valence-corrected chi connectivity index (χ1v) is 7.25. The zero-order chi connectivity index (χ0) is 14.3. The fourth-order valence-electron chi connectivity index (χ4n) is 2.00. The molecule has 106 valence electrons. The third-order valence-corrected chi connectivity index (χ3v) is 3.37. The summed E-state index contributed by atoms with van der Waals surface area (Å²) < 4.78 is 0. The maximum Gasteiger partial charge on any atom is 0.253 e. The van der Waals surface area contributed by atoms with Gasteiger partial charge in [-0.25, -0.2) is 0 Å². The number of unbranched alkanes of at least 4 members (excludes halogenated alkanes) is 2. The fraction of sp³-hybridized carbons (Fsp3) is 0.562. The quantitative estimate of drug-likeness (QED) is 0.763. The summed E-state index contributed by atoms with van der Waals surface area (Å²) in [6.45, 7) is 7.93. The molecule has 0 atom stereocenters. The predicted octanol–water partition coefficient (Wildman–Crippen LogP) is 3.62. The molecular weight excluding hydrogens is 236 g/mol. The molecule has 0 aliphatic carbocycles. The minimum atomic E-state index is 0.130. The smallest absolute Gasteiger partial charge is 0.253 e. The summed E-state index contributed by atoms with van der Waals surface area (Å²) in [5, 5.41) is 0. The Morgan fingerprint density at radius 2 is 1.74 bits per heavy atom. The first-order chi connectivity index (χ1) is 9.10. The van der Waals surface area contributed by atoms with Crippen LogP contribution in [0.4, 0.5) is 5.69 Å². The van der Waals surface area contributed by atoms with Gasteiger partial charge in [0.1, 0.15) is 0 Å². The van der Waals surface area contributed by atoms with Crippen molar-refractivity contribution in [2.24, 2.45) is 0 Å². The molecule has 0 unspecified atom stereocenters. The minimum absolute atomic E-state index is 0.130. The highest BCUT2D eigenvalue weighted by Gasteiger charge is 2.15. The molecule has 0 aromatic heterocycles. The van der Waals surface area contributed by atoms with Crippen molar-refractivity contribution in [1.29, 1.82) is 0 Å². The average Bonchev–Trinajstić information content (AvgIpc) is 2.41. The van der Waals surface area contributed by atoms with Gasteiger partial charge in [-0.1, -0.05) is 26.7 Å². The van der Waals surface area contributed by atoms with Gasteiger partial charge >= 0.3 is 0 Å². The van der Waals surface area contributed by atoms with Crippen LogP contribution in [-0.2, 0) is 0 Å². The molecule has 1 rings (SSSR count). The number of rotatable bonds is 7. The van der Waals surface area contributed by atoms with Crippen molar-refractivity contribution in [2.45, 2.75) is 46.5 Å². The molecule has 2 N–H and O–H groups in total. The number of nitrogens with zero attached hydrogens (tertiary/aromatic N) is 1. The molecule has 1 aromatic rings. The van der Waals surface area contributed by atoms with Crippen molar-refractivity contribution in [3.63, 3.8) is 0 Å². The molecule has 0 saturated heterocycles. The van der Waals surface area contributed by atoms with E-state index in [-0.39, 0.29) is 5.91 Å². The molecular formula is C16H26N2O. The maximum atomic E-state index is 12.5. The molecule has 3 nitrogen and oxygen atoms in total. The first-order valence-electron chi connectivity index (χ1n) is 7.25. The van der Waals surface area contributed by atoms with Crippen LogP contribution >= 0.6 is 0 Å². The molecule has 1 amide bonds. The molecule has 1 aromatic carbocycles. The number of hydrogen-bond acceptors (Lipinski definition) is 2. The van der Waals surface area contributed by atoms with Gasteiger partial charge in [0, 0.05) is 24.3 Å². The van der Waals surface area contributed by atoms with Gasteiger partial charge in [0.2, 0.25) is 0 Å². The summed E-state index contributed by atoms with van der Waals surface area (Å²) in [7, 11) is 0. The van der Waals surface area contributed by atoms with E-state index in [1.165, 1.54) is 0 Å². The Hall–Kier alpha value is -1.51. The minimum Gasteiger partial charge on any atom is -0.399 e. The van der Waals surface area contributed by atoms with Crippen LogP contribution in [-0.4, -0.2) is 23.9 Å². The van der Waals surface area contributed by atoms with Crippen LogP contribution in [0, 0.1) is 6.92 Å². The summed E-state index contributed by atoms with van der Waals surface area (Å²) in [5.74, 6) is 0.130. The topological polar surface area (TPSA) is 46.3 Å². The third-order valence-electron chi connectivity index (χ3n) is 3.37. The molecule has 0 saturated carbocycles. The van der Waals surface area contributed by atoms with Gasteiger partial charge in [-0.15, -0.1) is 0 Å². The Labute approximate surface area is 116 Å². The number of hydrogen-bond donors (Lipinski definition) is 1. The molecule has 0 fully saturated rings. The Kier molecular flexibility index (Phi) is 6.40. The lowest BCUT2D eigenvalue weighted by Gasteiger charge is -2.22. The second-order valence-corrected chi connectivity index (χ2v) is 5.07. The van der Waals surface area contributed by atoms with Crippen LogP contribution in [0.25, 0.3) is 0 Å². The van der Waals surface area contributed by atoms with Crippen molar-refractivity contribution in [3.8, 4) is 0 Å². The van der Waals surface area contributed by atoms with E-state index in [2.05, 4.69) is 13.8 Å². The second kappa shape index (κ2) is 7.82. The van der Waals surface area contributed by atoms with Crippen molar-refractivity contribution < 1.29 is 4.79 Å². The van der Waals surface area contributed by atoms with Crippen molar-refractivity contribution >= 4 is 11.6 Å². The molecule has 0 bridgehead atoms. The highest BCUT2D eigenvalue weighted by atomic mass is 16.2. The van der Waals surface area contributed by atoms with Crippen LogP contribution in [0.5, 0.6) is 0 Å². The largest absolute Gasteiger partial charge is 0.399 e. The fourth-order valence-corrected chi connectivity index (χ4v) is 2.00. The van der Waals surface area contributed by atoms with E-state index in [4.69, 9.17) is 5.73 Å². The Morgan fingerprint density at radius 1 is 1.16 bits per heavy atom. The third kappa shape index (κ3) is 4.58. The van der Waals surface area contributed by atoms with Crippen molar-refractivity contribution in [3.05, 3.63) is 29.3 Å². The summed E-state index contributed by atoms with van der Waals surface area (Å²) in [6, 6.07) is 5.54. The first kappa shape index (κ1) is 15.5. The maximum absolute atomic E-state index is 12.5. The summed E-state index contributed by atoms with van der Waals surface area (Å²) in [4.78, 5) is 14.5. The SMILES string of the molecule is CCCCN(CCCC)C(=O)c1ccc(N)c(C)c1. The van der Waals surface area contributed by atoms with Crippen LogP contribution in [0.3, 0.4) is 0 Å². The van der Waals surface area contributed by atoms with E-state index in [0.717, 1.165) is 55.6 Å². The monoisotopic (exact) mass is 262 g/mol. The molecule has 3 heteroatoms.